The summed E-state index contributed by atoms with van der Waals surface area (Å²) in [6.45, 7) is 2.86. The van der Waals surface area contributed by atoms with Crippen molar-refractivity contribution in [1.82, 2.24) is 4.90 Å². The van der Waals surface area contributed by atoms with E-state index in [1.165, 1.54) is 31.4 Å². The van der Waals surface area contributed by atoms with Gasteiger partial charge in [-0.3, -0.25) is 4.79 Å². The minimum absolute atomic E-state index is 0.179. The van der Waals surface area contributed by atoms with Crippen molar-refractivity contribution >= 4 is 23.5 Å². The predicted octanol–water partition coefficient (Wildman–Crippen LogP) is 4.52. The number of carbonyl (C=O) groups is 3. The third kappa shape index (κ3) is 6.41. The van der Waals surface area contributed by atoms with Gasteiger partial charge in [0.25, 0.3) is 0 Å². The number of esters is 1. The normalized spacial score (nSPS) is 10.3. The molecule has 0 aliphatic carbocycles. The number of ether oxygens (including phenoxy) is 1. The van der Waals surface area contributed by atoms with Gasteiger partial charge in [0.15, 0.2) is 5.78 Å². The number of hydrogen-bond donors (Lipinski definition) is 1. The summed E-state index contributed by atoms with van der Waals surface area (Å²) in [5, 5.41) is 2.73. The standard InChI is InChI=1S/C22H25FN2O4/c1-3-14-25(22(28)24-17-12-10-16(23)11-13-17)15-6-9-20(26)18-7-4-5-8-19(18)21(27)29-2/h4-5,7-8,10-13H,3,6,9,14-15H2,1-2H3,(H,24,28). The van der Waals surface area contributed by atoms with Crippen LogP contribution in [0, 0.1) is 5.82 Å². The van der Waals surface area contributed by atoms with Crippen molar-refractivity contribution in [2.75, 3.05) is 25.5 Å². The summed E-state index contributed by atoms with van der Waals surface area (Å²) in [5.41, 5.74) is 1.05. The van der Waals surface area contributed by atoms with E-state index in [0.717, 1.165) is 6.42 Å². The van der Waals surface area contributed by atoms with Crippen LogP contribution in [0.25, 0.3) is 0 Å². The Morgan fingerprint density at radius 3 is 2.28 bits per heavy atom. The highest BCUT2D eigenvalue weighted by molar-refractivity contribution is 6.06. The van der Waals surface area contributed by atoms with Gasteiger partial charge in [-0.1, -0.05) is 25.1 Å². The molecular weight excluding hydrogens is 375 g/mol. The van der Waals surface area contributed by atoms with E-state index in [4.69, 9.17) is 4.74 Å². The van der Waals surface area contributed by atoms with E-state index < -0.39 is 5.97 Å². The molecule has 2 amide bonds. The smallest absolute Gasteiger partial charge is 0.338 e. The predicted molar refractivity (Wildman–Crippen MR) is 109 cm³/mol. The molecule has 6 nitrogen and oxygen atoms in total. The maximum Gasteiger partial charge on any atom is 0.338 e. The fourth-order valence-corrected chi connectivity index (χ4v) is 2.90. The zero-order valence-corrected chi connectivity index (χ0v) is 16.6. The number of anilines is 1. The molecular formula is C22H25FN2O4. The molecule has 0 aliphatic rings. The van der Waals surface area contributed by atoms with Crippen molar-refractivity contribution in [2.24, 2.45) is 0 Å². The van der Waals surface area contributed by atoms with Gasteiger partial charge in [-0.2, -0.15) is 0 Å². The summed E-state index contributed by atoms with van der Waals surface area (Å²) in [6, 6.07) is 11.7. The molecule has 0 heterocycles. The van der Waals surface area contributed by atoms with Crippen LogP contribution in [0.2, 0.25) is 0 Å². The van der Waals surface area contributed by atoms with Crippen LogP contribution in [0.1, 0.15) is 46.9 Å². The molecule has 1 N–H and O–H groups in total. The number of Topliss-reactive ketones (excluding diaryl/α,β-unsaturated/α-hetero) is 1. The number of nitrogens with zero attached hydrogens (tertiary/aromatic N) is 1. The fourth-order valence-electron chi connectivity index (χ4n) is 2.90. The minimum Gasteiger partial charge on any atom is -0.465 e. The summed E-state index contributed by atoms with van der Waals surface area (Å²) in [7, 11) is 1.27. The Hall–Kier alpha value is -3.22. The Morgan fingerprint density at radius 2 is 1.66 bits per heavy atom. The number of rotatable bonds is 9. The zero-order chi connectivity index (χ0) is 21.2. The molecule has 154 valence electrons. The van der Waals surface area contributed by atoms with Crippen LogP contribution >= 0.6 is 0 Å². The van der Waals surface area contributed by atoms with Crippen LogP contribution in [0.5, 0.6) is 0 Å². The monoisotopic (exact) mass is 400 g/mol. The molecule has 0 unspecified atom stereocenters. The first-order valence-corrected chi connectivity index (χ1v) is 9.48. The molecule has 2 aromatic rings. The molecule has 0 radical (unpaired) electrons. The second-order valence-corrected chi connectivity index (χ2v) is 6.49. The summed E-state index contributed by atoms with van der Waals surface area (Å²) in [6.07, 6.45) is 1.40. The van der Waals surface area contributed by atoms with Crippen LogP contribution in [0.15, 0.2) is 48.5 Å². The highest BCUT2D eigenvalue weighted by Gasteiger charge is 2.18. The highest BCUT2D eigenvalue weighted by Crippen LogP contribution is 2.15. The van der Waals surface area contributed by atoms with E-state index in [1.807, 2.05) is 6.92 Å². The lowest BCUT2D eigenvalue weighted by molar-refractivity contribution is 0.0597. The molecule has 2 rings (SSSR count). The van der Waals surface area contributed by atoms with E-state index in [9.17, 15) is 18.8 Å². The lowest BCUT2D eigenvalue weighted by Crippen LogP contribution is -2.36. The summed E-state index contributed by atoms with van der Waals surface area (Å²) < 4.78 is 17.7. The van der Waals surface area contributed by atoms with E-state index in [-0.39, 0.29) is 29.6 Å². The maximum atomic E-state index is 13.0. The van der Waals surface area contributed by atoms with Crippen molar-refractivity contribution in [1.29, 1.82) is 0 Å². The van der Waals surface area contributed by atoms with E-state index in [1.54, 1.807) is 29.2 Å². The molecule has 0 bridgehead atoms. The van der Waals surface area contributed by atoms with E-state index in [0.29, 0.717) is 30.8 Å². The van der Waals surface area contributed by atoms with Gasteiger partial charge in [-0.25, -0.2) is 14.0 Å². The van der Waals surface area contributed by atoms with Gasteiger partial charge in [0, 0.05) is 30.8 Å². The third-order valence-corrected chi connectivity index (χ3v) is 4.34. The van der Waals surface area contributed by atoms with Gasteiger partial charge in [-0.15, -0.1) is 0 Å². The van der Waals surface area contributed by atoms with Crippen molar-refractivity contribution < 1.29 is 23.5 Å². The van der Waals surface area contributed by atoms with E-state index >= 15 is 0 Å². The average molecular weight is 400 g/mol. The van der Waals surface area contributed by atoms with Crippen molar-refractivity contribution in [3.63, 3.8) is 0 Å². The Kier molecular flexibility index (Phi) is 8.33. The van der Waals surface area contributed by atoms with Crippen LogP contribution in [0.4, 0.5) is 14.9 Å². The van der Waals surface area contributed by atoms with Gasteiger partial charge in [0.1, 0.15) is 5.82 Å². The van der Waals surface area contributed by atoms with Crippen LogP contribution in [0.3, 0.4) is 0 Å². The number of halogens is 1. The molecule has 2 aromatic carbocycles. The summed E-state index contributed by atoms with van der Waals surface area (Å²) in [4.78, 5) is 38.5. The largest absolute Gasteiger partial charge is 0.465 e. The van der Waals surface area contributed by atoms with Crippen LogP contribution in [-0.2, 0) is 4.74 Å². The van der Waals surface area contributed by atoms with Crippen LogP contribution in [-0.4, -0.2) is 42.9 Å². The third-order valence-electron chi connectivity index (χ3n) is 4.34. The first kappa shape index (κ1) is 22.1. The SMILES string of the molecule is CCCN(CCCC(=O)c1ccccc1C(=O)OC)C(=O)Nc1ccc(F)cc1. The number of ketones is 1. The fraction of sp³-hybridized carbons (Fsp3) is 0.318. The average Bonchev–Trinajstić information content (AvgIpc) is 2.74. The van der Waals surface area contributed by atoms with Gasteiger partial charge in [0.05, 0.1) is 12.7 Å². The Labute approximate surface area is 169 Å². The molecule has 0 spiro atoms. The summed E-state index contributed by atoms with van der Waals surface area (Å²) in [5.74, 6) is -1.11. The first-order chi connectivity index (χ1) is 14.0. The van der Waals surface area contributed by atoms with Crippen molar-refractivity contribution in [3.8, 4) is 0 Å². The van der Waals surface area contributed by atoms with Crippen molar-refractivity contribution in [2.45, 2.75) is 26.2 Å². The van der Waals surface area contributed by atoms with Gasteiger partial charge < -0.3 is 15.0 Å². The topological polar surface area (TPSA) is 75.7 Å². The van der Waals surface area contributed by atoms with Gasteiger partial charge in [0.2, 0.25) is 0 Å². The van der Waals surface area contributed by atoms with Gasteiger partial charge >= 0.3 is 12.0 Å². The Bertz CT molecular complexity index is 852. The molecule has 0 aliphatic heterocycles. The van der Waals surface area contributed by atoms with E-state index in [2.05, 4.69) is 5.32 Å². The molecule has 7 heteroatoms. The number of methoxy groups -OCH3 is 1. The molecule has 0 aromatic heterocycles. The number of nitrogens with one attached hydrogen (secondary N) is 1. The Balaban J connectivity index is 1.95. The highest BCUT2D eigenvalue weighted by atomic mass is 19.1. The molecule has 0 fully saturated rings. The minimum atomic E-state index is -0.555. The molecule has 0 saturated carbocycles. The maximum absolute atomic E-state index is 13.0. The number of hydrogen-bond acceptors (Lipinski definition) is 4. The lowest BCUT2D eigenvalue weighted by atomic mass is 10.0. The second kappa shape index (κ2) is 10.9. The lowest BCUT2D eigenvalue weighted by Gasteiger charge is -2.22. The Morgan fingerprint density at radius 1 is 1.00 bits per heavy atom. The van der Waals surface area contributed by atoms with Crippen LogP contribution < -0.4 is 5.32 Å². The first-order valence-electron chi connectivity index (χ1n) is 9.48. The number of carbonyl (C=O) groups excluding carboxylic acids is 3. The second-order valence-electron chi connectivity index (χ2n) is 6.49. The number of benzene rings is 2. The molecule has 29 heavy (non-hydrogen) atoms. The quantitative estimate of drug-likeness (QED) is 0.496. The molecule has 0 atom stereocenters. The van der Waals surface area contributed by atoms with Crippen molar-refractivity contribution in [3.05, 3.63) is 65.5 Å². The number of urea groups is 1. The number of amides is 2. The molecule has 0 saturated heterocycles. The zero-order valence-electron chi connectivity index (χ0n) is 16.6. The van der Waals surface area contributed by atoms with Gasteiger partial charge in [-0.05, 0) is 43.2 Å². The summed E-state index contributed by atoms with van der Waals surface area (Å²) >= 11 is 0.